The first kappa shape index (κ1) is 21.8. The third-order valence-corrected chi connectivity index (χ3v) is 6.61. The number of fused-ring (bicyclic) bond motifs is 1. The second kappa shape index (κ2) is 9.08. The number of rotatable bonds is 5. The first-order valence-electron chi connectivity index (χ1n) is 11.0. The fourth-order valence-corrected chi connectivity index (χ4v) is 4.63. The van der Waals surface area contributed by atoms with Gasteiger partial charge in [-0.15, -0.1) is 0 Å². The molecule has 0 unspecified atom stereocenters. The molecule has 1 aliphatic heterocycles. The molecule has 3 aromatic rings. The molecule has 2 amide bonds. The molecular weight excluding hydrogens is 457 g/mol. The first-order valence-corrected chi connectivity index (χ1v) is 11.8. The molecule has 1 saturated carbocycles. The van der Waals surface area contributed by atoms with Gasteiger partial charge in [-0.2, -0.15) is 0 Å². The summed E-state index contributed by atoms with van der Waals surface area (Å²) in [5, 5.41) is 6.68. The van der Waals surface area contributed by atoms with E-state index in [4.69, 9.17) is 23.2 Å². The van der Waals surface area contributed by atoms with Crippen LogP contribution in [-0.4, -0.2) is 24.4 Å². The van der Waals surface area contributed by atoms with Gasteiger partial charge >= 0.3 is 0 Å². The van der Waals surface area contributed by atoms with E-state index in [1.807, 2.05) is 18.2 Å². The smallest absolute Gasteiger partial charge is 0.257 e. The average molecular weight is 480 g/mol. The summed E-state index contributed by atoms with van der Waals surface area (Å²) in [4.78, 5) is 28.1. The number of anilines is 2. The Hall–Kier alpha value is -3.02. The highest BCUT2D eigenvalue weighted by atomic mass is 35.5. The van der Waals surface area contributed by atoms with Crippen LogP contribution in [0.4, 0.5) is 11.4 Å². The van der Waals surface area contributed by atoms with Crippen molar-refractivity contribution in [2.45, 2.75) is 31.8 Å². The van der Waals surface area contributed by atoms with E-state index >= 15 is 0 Å². The molecule has 2 N–H and O–H groups in total. The molecule has 5 rings (SSSR count). The number of nitrogens with one attached hydrogen (secondary N) is 2. The maximum absolute atomic E-state index is 13.1. The van der Waals surface area contributed by atoms with Gasteiger partial charge in [-0.05, 0) is 66.8 Å². The van der Waals surface area contributed by atoms with Crippen molar-refractivity contribution < 1.29 is 9.59 Å². The normalized spacial score (nSPS) is 15.0. The molecule has 0 aromatic heterocycles. The molecule has 1 aliphatic carbocycles. The van der Waals surface area contributed by atoms with Crippen molar-refractivity contribution in [3.63, 3.8) is 0 Å². The lowest BCUT2D eigenvalue weighted by Crippen LogP contribution is -2.33. The summed E-state index contributed by atoms with van der Waals surface area (Å²) >= 11 is 12.1. The maximum Gasteiger partial charge on any atom is 0.257 e. The van der Waals surface area contributed by atoms with Crippen molar-refractivity contribution in [3.05, 3.63) is 93.0 Å². The highest BCUT2D eigenvalue weighted by Crippen LogP contribution is 2.31. The van der Waals surface area contributed by atoms with E-state index in [1.54, 1.807) is 18.2 Å². The van der Waals surface area contributed by atoms with Crippen LogP contribution in [0.5, 0.6) is 0 Å². The lowest BCUT2D eigenvalue weighted by atomic mass is 9.98. The van der Waals surface area contributed by atoms with Crippen LogP contribution < -0.4 is 15.5 Å². The van der Waals surface area contributed by atoms with Crippen molar-refractivity contribution >= 4 is 46.4 Å². The van der Waals surface area contributed by atoms with E-state index in [9.17, 15) is 9.59 Å². The Morgan fingerprint density at radius 1 is 0.879 bits per heavy atom. The minimum atomic E-state index is -0.357. The molecule has 0 atom stereocenters. The third kappa shape index (κ3) is 4.85. The van der Waals surface area contributed by atoms with Crippen molar-refractivity contribution in [1.29, 1.82) is 0 Å². The second-order valence-corrected chi connectivity index (χ2v) is 9.34. The Balaban J connectivity index is 1.43. The SMILES string of the molecule is O=C(Nc1ccc(N2CCc3ccccc3C2)c(C(=O)NC2CC2)c1)c1ccc(Cl)cc1Cl. The predicted octanol–water partition coefficient (Wildman–Crippen LogP) is 5.70. The number of amides is 2. The Labute approximate surface area is 202 Å². The van der Waals surface area contributed by atoms with Crippen LogP contribution >= 0.6 is 23.2 Å². The topological polar surface area (TPSA) is 61.4 Å². The average Bonchev–Trinajstić information content (AvgIpc) is 3.62. The number of halogens is 2. The third-order valence-electron chi connectivity index (χ3n) is 6.06. The number of carbonyl (C=O) groups is 2. The highest BCUT2D eigenvalue weighted by Gasteiger charge is 2.27. The summed E-state index contributed by atoms with van der Waals surface area (Å²) in [6.45, 7) is 1.57. The molecule has 2 aliphatic rings. The summed E-state index contributed by atoms with van der Waals surface area (Å²) in [5.74, 6) is -0.475. The van der Waals surface area contributed by atoms with Gasteiger partial charge in [0.15, 0.2) is 0 Å². The van der Waals surface area contributed by atoms with Crippen molar-refractivity contribution in [3.8, 4) is 0 Å². The van der Waals surface area contributed by atoms with Gasteiger partial charge in [-0.25, -0.2) is 0 Å². The lowest BCUT2D eigenvalue weighted by molar-refractivity contribution is 0.0950. The van der Waals surface area contributed by atoms with Crippen molar-refractivity contribution in [2.75, 3.05) is 16.8 Å². The van der Waals surface area contributed by atoms with Crippen LogP contribution in [-0.2, 0) is 13.0 Å². The Morgan fingerprint density at radius 2 is 1.67 bits per heavy atom. The van der Waals surface area contributed by atoms with Crippen LogP contribution in [0.3, 0.4) is 0 Å². The van der Waals surface area contributed by atoms with E-state index in [-0.39, 0.29) is 22.9 Å². The highest BCUT2D eigenvalue weighted by molar-refractivity contribution is 6.37. The van der Waals surface area contributed by atoms with Gasteiger partial charge in [0.1, 0.15) is 0 Å². The summed E-state index contributed by atoms with van der Waals surface area (Å²) in [5.41, 5.74) is 4.90. The minimum Gasteiger partial charge on any atom is -0.366 e. The Morgan fingerprint density at radius 3 is 2.42 bits per heavy atom. The van der Waals surface area contributed by atoms with Gasteiger partial charge < -0.3 is 15.5 Å². The monoisotopic (exact) mass is 479 g/mol. The fraction of sp³-hybridized carbons (Fsp3) is 0.231. The molecule has 3 aromatic carbocycles. The molecule has 0 radical (unpaired) electrons. The maximum atomic E-state index is 13.1. The molecule has 0 spiro atoms. The molecule has 7 heteroatoms. The molecular formula is C26H23Cl2N3O2. The van der Waals surface area contributed by atoms with Gasteiger partial charge in [0.25, 0.3) is 11.8 Å². The van der Waals surface area contributed by atoms with Gasteiger partial charge in [0.2, 0.25) is 0 Å². The number of benzene rings is 3. The number of hydrogen-bond donors (Lipinski definition) is 2. The standard InChI is InChI=1S/C26H23Cl2N3O2/c27-18-5-9-21(23(28)13-18)25(32)30-20-8-10-24(22(14-20)26(33)29-19-6-7-19)31-12-11-16-3-1-2-4-17(16)15-31/h1-5,8-10,13-14,19H,6-7,11-12,15H2,(H,29,33)(H,30,32). The van der Waals surface area contributed by atoms with Gasteiger partial charge in [0.05, 0.1) is 16.1 Å². The zero-order valence-electron chi connectivity index (χ0n) is 17.9. The fourth-order valence-electron chi connectivity index (χ4n) is 4.14. The summed E-state index contributed by atoms with van der Waals surface area (Å²) in [7, 11) is 0. The van der Waals surface area contributed by atoms with Crippen LogP contribution in [0, 0.1) is 0 Å². The first-order chi connectivity index (χ1) is 16.0. The van der Waals surface area contributed by atoms with Crippen LogP contribution in [0.25, 0.3) is 0 Å². The molecule has 1 fully saturated rings. The van der Waals surface area contributed by atoms with E-state index in [0.717, 1.165) is 38.0 Å². The molecule has 33 heavy (non-hydrogen) atoms. The molecule has 5 nitrogen and oxygen atoms in total. The van der Waals surface area contributed by atoms with Gasteiger partial charge in [0, 0.05) is 35.5 Å². The zero-order chi connectivity index (χ0) is 22.9. The Bertz CT molecular complexity index is 1240. The van der Waals surface area contributed by atoms with Gasteiger partial charge in [-0.3, -0.25) is 9.59 Å². The zero-order valence-corrected chi connectivity index (χ0v) is 19.4. The van der Waals surface area contributed by atoms with Crippen molar-refractivity contribution in [2.24, 2.45) is 0 Å². The van der Waals surface area contributed by atoms with E-state index in [0.29, 0.717) is 21.8 Å². The van der Waals surface area contributed by atoms with E-state index < -0.39 is 0 Å². The van der Waals surface area contributed by atoms with E-state index in [2.05, 4.69) is 33.7 Å². The van der Waals surface area contributed by atoms with Crippen molar-refractivity contribution in [1.82, 2.24) is 5.32 Å². The number of nitrogens with zero attached hydrogens (tertiary/aromatic N) is 1. The summed E-state index contributed by atoms with van der Waals surface area (Å²) < 4.78 is 0. The molecule has 1 heterocycles. The van der Waals surface area contributed by atoms with E-state index in [1.165, 1.54) is 17.2 Å². The quantitative estimate of drug-likeness (QED) is 0.493. The molecule has 0 bridgehead atoms. The summed E-state index contributed by atoms with van der Waals surface area (Å²) in [6, 6.07) is 18.9. The number of carbonyl (C=O) groups excluding carboxylic acids is 2. The largest absolute Gasteiger partial charge is 0.366 e. The Kier molecular flexibility index (Phi) is 6.00. The van der Waals surface area contributed by atoms with Crippen LogP contribution in [0.15, 0.2) is 60.7 Å². The minimum absolute atomic E-state index is 0.119. The lowest BCUT2D eigenvalue weighted by Gasteiger charge is -2.32. The predicted molar refractivity (Wildman–Crippen MR) is 133 cm³/mol. The second-order valence-electron chi connectivity index (χ2n) is 8.50. The number of hydrogen-bond acceptors (Lipinski definition) is 3. The van der Waals surface area contributed by atoms with Crippen LogP contribution in [0.2, 0.25) is 10.0 Å². The molecule has 168 valence electrons. The molecule has 0 saturated heterocycles. The van der Waals surface area contributed by atoms with Gasteiger partial charge in [-0.1, -0.05) is 47.5 Å². The van der Waals surface area contributed by atoms with Crippen LogP contribution in [0.1, 0.15) is 44.7 Å². The summed E-state index contributed by atoms with van der Waals surface area (Å²) in [6.07, 6.45) is 2.93.